The van der Waals surface area contributed by atoms with Gasteiger partial charge in [-0.1, -0.05) is 56.7 Å². The van der Waals surface area contributed by atoms with E-state index in [9.17, 15) is 14.4 Å². The first-order valence-electron chi connectivity index (χ1n) is 13.5. The zero-order valence-corrected chi connectivity index (χ0v) is 21.0. The van der Waals surface area contributed by atoms with Crippen molar-refractivity contribution < 1.29 is 23.5 Å². The molecule has 3 aliphatic rings. The molecule has 7 nitrogen and oxygen atoms in total. The summed E-state index contributed by atoms with van der Waals surface area (Å²) in [6.45, 7) is 0.525. The van der Waals surface area contributed by atoms with Gasteiger partial charge in [0.25, 0.3) is 5.91 Å². The normalized spacial score (nSPS) is 20.7. The zero-order valence-electron chi connectivity index (χ0n) is 21.0. The SMILES string of the molecule is O=C1CCC(N2Cc3c(OCc4cc5ccc(CC6CCCCCC6)cc5o4)cccc3C2=O)C(=O)N1. The average molecular weight is 501 g/mol. The highest BCUT2D eigenvalue weighted by Gasteiger charge is 2.40. The number of piperidine rings is 1. The number of amides is 3. The minimum Gasteiger partial charge on any atom is -0.485 e. The molecule has 7 heteroatoms. The Balaban J connectivity index is 1.14. The van der Waals surface area contributed by atoms with Crippen molar-refractivity contribution in [3.05, 3.63) is 64.9 Å². The summed E-state index contributed by atoms with van der Waals surface area (Å²) in [6.07, 6.45) is 9.73. The summed E-state index contributed by atoms with van der Waals surface area (Å²) in [5, 5.41) is 3.40. The van der Waals surface area contributed by atoms with Crippen LogP contribution in [0.1, 0.15) is 78.6 Å². The monoisotopic (exact) mass is 500 g/mol. The van der Waals surface area contributed by atoms with Gasteiger partial charge in [0.1, 0.15) is 29.7 Å². The molecule has 6 rings (SSSR count). The number of carbonyl (C=O) groups excluding carboxylic acids is 3. The molecule has 3 aromatic rings. The van der Waals surface area contributed by atoms with E-state index in [4.69, 9.17) is 9.15 Å². The first kappa shape index (κ1) is 23.8. The summed E-state index contributed by atoms with van der Waals surface area (Å²) in [6, 6.07) is 13.3. The Bertz CT molecular complexity index is 1350. The molecular weight excluding hydrogens is 468 g/mol. The van der Waals surface area contributed by atoms with Crippen molar-refractivity contribution in [2.45, 2.75) is 77.0 Å². The van der Waals surface area contributed by atoms with Crippen LogP contribution < -0.4 is 10.1 Å². The molecule has 1 atom stereocenters. The van der Waals surface area contributed by atoms with Crippen molar-refractivity contribution in [2.24, 2.45) is 5.92 Å². The minimum absolute atomic E-state index is 0.208. The topological polar surface area (TPSA) is 88.9 Å². The van der Waals surface area contributed by atoms with E-state index in [0.29, 0.717) is 17.7 Å². The van der Waals surface area contributed by atoms with Gasteiger partial charge in [0.2, 0.25) is 11.8 Å². The maximum absolute atomic E-state index is 13.0. The largest absolute Gasteiger partial charge is 0.485 e. The van der Waals surface area contributed by atoms with E-state index in [1.54, 1.807) is 12.1 Å². The second kappa shape index (κ2) is 10.0. The highest BCUT2D eigenvalue weighted by Crippen LogP contribution is 2.34. The van der Waals surface area contributed by atoms with Crippen molar-refractivity contribution in [1.29, 1.82) is 0 Å². The number of benzene rings is 2. The maximum atomic E-state index is 13.0. The number of furan rings is 1. The van der Waals surface area contributed by atoms with Gasteiger partial charge >= 0.3 is 0 Å². The molecular formula is C30H32N2O5. The van der Waals surface area contributed by atoms with Crippen LogP contribution in [-0.4, -0.2) is 28.7 Å². The highest BCUT2D eigenvalue weighted by molar-refractivity contribution is 6.05. The van der Waals surface area contributed by atoms with Crippen LogP contribution in [0, 0.1) is 5.92 Å². The number of fused-ring (bicyclic) bond motifs is 2. The molecule has 1 N–H and O–H groups in total. The number of nitrogens with zero attached hydrogens (tertiary/aromatic N) is 1. The predicted molar refractivity (Wildman–Crippen MR) is 138 cm³/mol. The Morgan fingerprint density at radius 3 is 2.62 bits per heavy atom. The molecule has 37 heavy (non-hydrogen) atoms. The number of hydrogen-bond acceptors (Lipinski definition) is 5. The van der Waals surface area contributed by atoms with Crippen LogP contribution in [0.25, 0.3) is 11.0 Å². The van der Waals surface area contributed by atoms with Gasteiger partial charge in [-0.05, 0) is 48.6 Å². The molecule has 192 valence electrons. The Morgan fingerprint density at radius 1 is 0.973 bits per heavy atom. The van der Waals surface area contributed by atoms with E-state index in [0.717, 1.165) is 34.6 Å². The number of ether oxygens (including phenoxy) is 1. The van der Waals surface area contributed by atoms with Crippen LogP contribution in [-0.2, 0) is 29.2 Å². The number of imide groups is 1. The molecule has 0 radical (unpaired) electrons. The fourth-order valence-corrected chi connectivity index (χ4v) is 6.07. The maximum Gasteiger partial charge on any atom is 0.255 e. The minimum atomic E-state index is -0.645. The van der Waals surface area contributed by atoms with Crippen molar-refractivity contribution in [1.82, 2.24) is 10.2 Å². The van der Waals surface area contributed by atoms with Gasteiger partial charge in [0.15, 0.2) is 0 Å². The summed E-state index contributed by atoms with van der Waals surface area (Å²) in [5.74, 6) is 1.18. The van der Waals surface area contributed by atoms with E-state index in [-0.39, 0.29) is 31.4 Å². The molecule has 1 saturated heterocycles. The second-order valence-electron chi connectivity index (χ2n) is 10.6. The Labute approximate surface area is 216 Å². The lowest BCUT2D eigenvalue weighted by molar-refractivity contribution is -0.136. The van der Waals surface area contributed by atoms with E-state index in [1.165, 1.54) is 49.0 Å². The van der Waals surface area contributed by atoms with Gasteiger partial charge in [-0.15, -0.1) is 0 Å². The third kappa shape index (κ3) is 4.87. The van der Waals surface area contributed by atoms with Crippen LogP contribution >= 0.6 is 0 Å². The second-order valence-corrected chi connectivity index (χ2v) is 10.6. The summed E-state index contributed by atoms with van der Waals surface area (Å²) in [5.41, 5.74) is 3.50. The van der Waals surface area contributed by atoms with Crippen molar-refractivity contribution in [3.8, 4) is 5.75 Å². The zero-order chi connectivity index (χ0) is 25.4. The van der Waals surface area contributed by atoms with Gasteiger partial charge in [-0.2, -0.15) is 0 Å². The standard InChI is InChI=1S/C30H32N2O5/c33-28-13-12-25(29(34)31-28)32-17-24-23(30(32)35)8-5-9-26(24)36-18-22-16-21-11-10-20(15-27(21)37-22)14-19-6-3-1-2-4-7-19/h5,8-11,15-16,19,25H,1-4,6-7,12-14,17-18H2,(H,31,33,34). The molecule has 1 aromatic heterocycles. The molecule has 2 aromatic carbocycles. The van der Waals surface area contributed by atoms with Gasteiger partial charge in [0, 0.05) is 22.9 Å². The van der Waals surface area contributed by atoms with E-state index in [2.05, 4.69) is 23.5 Å². The smallest absolute Gasteiger partial charge is 0.255 e. The van der Waals surface area contributed by atoms with Gasteiger partial charge in [-0.3, -0.25) is 19.7 Å². The molecule has 1 unspecified atom stereocenters. The third-order valence-electron chi connectivity index (χ3n) is 8.04. The summed E-state index contributed by atoms with van der Waals surface area (Å²) < 4.78 is 12.3. The van der Waals surface area contributed by atoms with Crippen LogP contribution in [0.15, 0.2) is 46.9 Å². The lowest BCUT2D eigenvalue weighted by atomic mass is 9.92. The summed E-state index contributed by atoms with van der Waals surface area (Å²) >= 11 is 0. The average Bonchev–Trinajstić information content (AvgIpc) is 3.33. The summed E-state index contributed by atoms with van der Waals surface area (Å²) in [7, 11) is 0. The number of hydrogen-bond donors (Lipinski definition) is 1. The predicted octanol–water partition coefficient (Wildman–Crippen LogP) is 5.29. The van der Waals surface area contributed by atoms with Crippen LogP contribution in [0.3, 0.4) is 0 Å². The molecule has 1 aliphatic carbocycles. The van der Waals surface area contributed by atoms with E-state index in [1.807, 2.05) is 12.1 Å². The fourth-order valence-electron chi connectivity index (χ4n) is 6.07. The van der Waals surface area contributed by atoms with E-state index < -0.39 is 11.9 Å². The lowest BCUT2D eigenvalue weighted by Gasteiger charge is -2.29. The van der Waals surface area contributed by atoms with Crippen molar-refractivity contribution in [3.63, 3.8) is 0 Å². The molecule has 0 bridgehead atoms. The van der Waals surface area contributed by atoms with Gasteiger partial charge < -0.3 is 14.1 Å². The molecule has 0 spiro atoms. The van der Waals surface area contributed by atoms with Crippen LogP contribution in [0.4, 0.5) is 0 Å². The Morgan fingerprint density at radius 2 is 1.81 bits per heavy atom. The number of carbonyl (C=O) groups is 3. The molecule has 1 saturated carbocycles. The fraction of sp³-hybridized carbons (Fsp3) is 0.433. The quantitative estimate of drug-likeness (QED) is 0.367. The number of nitrogens with one attached hydrogen (secondary N) is 1. The Kier molecular flexibility index (Phi) is 6.45. The first-order chi connectivity index (χ1) is 18.0. The number of rotatable bonds is 6. The van der Waals surface area contributed by atoms with Gasteiger partial charge in [-0.25, -0.2) is 0 Å². The third-order valence-corrected chi connectivity index (χ3v) is 8.04. The molecule has 3 amide bonds. The molecule has 3 heterocycles. The van der Waals surface area contributed by atoms with E-state index >= 15 is 0 Å². The van der Waals surface area contributed by atoms with Crippen LogP contribution in [0.2, 0.25) is 0 Å². The molecule has 2 fully saturated rings. The van der Waals surface area contributed by atoms with Crippen molar-refractivity contribution >= 4 is 28.7 Å². The van der Waals surface area contributed by atoms with Crippen molar-refractivity contribution in [2.75, 3.05) is 0 Å². The van der Waals surface area contributed by atoms with Gasteiger partial charge in [0.05, 0.1) is 6.54 Å². The first-order valence-corrected chi connectivity index (χ1v) is 13.5. The molecule has 2 aliphatic heterocycles. The van der Waals surface area contributed by atoms with Crippen LogP contribution in [0.5, 0.6) is 5.75 Å². The highest BCUT2D eigenvalue weighted by atomic mass is 16.5. The Hall–Kier alpha value is -3.61. The summed E-state index contributed by atoms with van der Waals surface area (Å²) in [4.78, 5) is 38.5. The lowest BCUT2D eigenvalue weighted by Crippen LogP contribution is -2.52.